The van der Waals surface area contributed by atoms with E-state index >= 15 is 0 Å². The van der Waals surface area contributed by atoms with Crippen LogP contribution in [0.15, 0.2) is 48.6 Å². The highest BCUT2D eigenvalue weighted by atomic mass is 32.2. The van der Waals surface area contributed by atoms with Crippen molar-refractivity contribution in [2.45, 2.75) is 239 Å². The van der Waals surface area contributed by atoms with Crippen LogP contribution in [0.3, 0.4) is 0 Å². The van der Waals surface area contributed by atoms with Crippen molar-refractivity contribution in [1.29, 1.82) is 0 Å². The molecule has 0 radical (unpaired) electrons. The van der Waals surface area contributed by atoms with Crippen molar-refractivity contribution in [2.75, 3.05) is 79.1 Å². The largest absolute Gasteiger partial charge is 0.466 e. The van der Waals surface area contributed by atoms with Gasteiger partial charge in [-0.25, -0.2) is 0 Å². The molecule has 0 saturated carbocycles. The number of unbranched alkanes of at least 4 members (excludes halogenated alkanes) is 16. The number of carbonyl (C=O) groups excluding carboxylic acids is 3. The van der Waals surface area contributed by atoms with Crippen molar-refractivity contribution in [2.24, 2.45) is 0 Å². The summed E-state index contributed by atoms with van der Waals surface area (Å²) < 4.78 is 35.5. The quantitative estimate of drug-likeness (QED) is 0.0251. The summed E-state index contributed by atoms with van der Waals surface area (Å²) in [6.07, 6.45) is 46.0. The van der Waals surface area contributed by atoms with Crippen LogP contribution in [0.1, 0.15) is 227 Å². The first-order chi connectivity index (χ1) is 35.3. The van der Waals surface area contributed by atoms with Gasteiger partial charge in [-0.1, -0.05) is 127 Å². The van der Waals surface area contributed by atoms with Gasteiger partial charge >= 0.3 is 11.9 Å². The number of allylic oxidation sites excluding steroid dienone is 8. The summed E-state index contributed by atoms with van der Waals surface area (Å²) in [7, 11) is 4.13. The average molecular weight is 1040 g/mol. The monoisotopic (exact) mass is 1030 g/mol. The van der Waals surface area contributed by atoms with E-state index < -0.39 is 0 Å². The van der Waals surface area contributed by atoms with Crippen LogP contribution in [0.2, 0.25) is 0 Å². The molecule has 0 aliphatic carbocycles. The number of ether oxygens (including phenoxy) is 6. The second-order valence-electron chi connectivity index (χ2n) is 19.2. The first-order valence-electron chi connectivity index (χ1n) is 29.2. The van der Waals surface area contributed by atoms with Crippen molar-refractivity contribution in [3.8, 4) is 0 Å². The van der Waals surface area contributed by atoms with Gasteiger partial charge in [-0.2, -0.15) is 0 Å². The van der Waals surface area contributed by atoms with Gasteiger partial charge in [0.2, 0.25) is 0 Å². The number of amides is 1. The Bertz CT molecular complexity index is 1190. The molecule has 72 heavy (non-hydrogen) atoms. The van der Waals surface area contributed by atoms with Crippen molar-refractivity contribution < 1.29 is 42.8 Å². The van der Waals surface area contributed by atoms with Gasteiger partial charge in [-0.15, -0.1) is 0 Å². The van der Waals surface area contributed by atoms with Gasteiger partial charge in [0, 0.05) is 58.1 Å². The number of esters is 2. The minimum Gasteiger partial charge on any atom is -0.466 e. The Kier molecular flexibility index (Phi) is 54.3. The zero-order valence-corrected chi connectivity index (χ0v) is 48.1. The van der Waals surface area contributed by atoms with Crippen LogP contribution in [0.5, 0.6) is 0 Å². The van der Waals surface area contributed by atoms with Crippen LogP contribution in [0.25, 0.3) is 0 Å². The highest BCUT2D eigenvalue weighted by Crippen LogP contribution is 2.17. The lowest BCUT2D eigenvalue weighted by molar-refractivity contribution is -0.159. The molecule has 0 rings (SSSR count). The normalized spacial score (nSPS) is 12.1. The summed E-state index contributed by atoms with van der Waals surface area (Å²) in [6, 6.07) is 0. The van der Waals surface area contributed by atoms with Crippen molar-refractivity contribution in [3.05, 3.63) is 48.6 Å². The molecule has 0 fully saturated rings. The molecule has 12 heteroatoms. The fourth-order valence-electron chi connectivity index (χ4n) is 7.67. The average Bonchev–Trinajstić information content (AvgIpc) is 3.37. The maximum atomic E-state index is 13.3. The second kappa shape index (κ2) is 56.3. The maximum absolute atomic E-state index is 13.3. The molecule has 0 aromatic heterocycles. The van der Waals surface area contributed by atoms with E-state index in [4.69, 9.17) is 28.4 Å². The Morgan fingerprint density at radius 3 is 1.08 bits per heavy atom. The molecular formula is C60H110N2O9S. The highest BCUT2D eigenvalue weighted by molar-refractivity contribution is 8.13. The van der Waals surface area contributed by atoms with Crippen LogP contribution in [-0.4, -0.2) is 119 Å². The Morgan fingerprint density at radius 1 is 0.403 bits per heavy atom. The second-order valence-corrected chi connectivity index (χ2v) is 20.2. The summed E-state index contributed by atoms with van der Waals surface area (Å²) in [5.74, 6) is 0.446. The van der Waals surface area contributed by atoms with E-state index in [1.54, 1.807) is 0 Å². The van der Waals surface area contributed by atoms with Gasteiger partial charge in [-0.05, 0) is 155 Å². The molecule has 0 aromatic rings. The molecule has 420 valence electrons. The number of carbonyl (C=O) groups is 3. The number of thioether (sulfide) groups is 1. The first kappa shape index (κ1) is 69.5. The van der Waals surface area contributed by atoms with Gasteiger partial charge < -0.3 is 38.2 Å². The number of hydrogen-bond acceptors (Lipinski definition) is 11. The van der Waals surface area contributed by atoms with Gasteiger partial charge in [-0.3, -0.25) is 14.4 Å². The van der Waals surface area contributed by atoms with Gasteiger partial charge in [0.1, 0.15) is 0 Å². The van der Waals surface area contributed by atoms with E-state index in [0.29, 0.717) is 65.3 Å². The van der Waals surface area contributed by atoms with Gasteiger partial charge in [0.25, 0.3) is 5.24 Å². The fourth-order valence-corrected chi connectivity index (χ4v) is 8.48. The molecule has 1 amide bonds. The lowest BCUT2D eigenvalue weighted by Crippen LogP contribution is -2.30. The van der Waals surface area contributed by atoms with Crippen LogP contribution < -0.4 is 0 Å². The lowest BCUT2D eigenvalue weighted by Gasteiger charge is -2.22. The standard InChI is InChI=1S/C60H110N2O9S/c1-7-11-15-19-27-37-51-68-58(69-52-38-28-20-16-12-8-2)44-42-56(63)66-49-35-31-23-25-33-47-62(60(65)72-55-41-46-61(5)6)48-34-26-24-32-36-50-67-57(64)43-45-59(70-53-39-29-21-17-13-9-3)71-54-40-30-22-18-14-10-4/h11-18,58-59H,7-10,19-55H2,1-6H3/b15-11-,16-12-,17-13-,18-14-. The predicted molar refractivity (Wildman–Crippen MR) is 304 cm³/mol. The van der Waals surface area contributed by atoms with E-state index in [2.05, 4.69) is 100 Å². The van der Waals surface area contributed by atoms with Crippen LogP contribution in [-0.2, 0) is 38.0 Å². The topological polar surface area (TPSA) is 113 Å². The molecule has 0 spiro atoms. The minimum atomic E-state index is -0.381. The van der Waals surface area contributed by atoms with E-state index in [-0.39, 0.29) is 29.8 Å². The van der Waals surface area contributed by atoms with Crippen molar-refractivity contribution in [1.82, 2.24) is 9.80 Å². The molecule has 0 bridgehead atoms. The van der Waals surface area contributed by atoms with Crippen molar-refractivity contribution in [3.63, 3.8) is 0 Å². The third kappa shape index (κ3) is 51.0. The van der Waals surface area contributed by atoms with Crippen LogP contribution in [0.4, 0.5) is 4.79 Å². The SMILES string of the molecule is CC/C=C\CCCCOC(CCC(=O)OCCCCCCCN(CCCCCCCOC(=O)CCC(OCCCC/C=C\CC)OCCCC/C=C\CC)C(=O)SCCCN(C)C)OCCCC/C=C\CC. The van der Waals surface area contributed by atoms with E-state index in [0.717, 1.165) is 199 Å². The third-order valence-corrected chi connectivity index (χ3v) is 13.0. The zero-order valence-electron chi connectivity index (χ0n) is 47.2. The summed E-state index contributed by atoms with van der Waals surface area (Å²) in [6.45, 7) is 14.5. The number of hydrogen-bond donors (Lipinski definition) is 0. The molecule has 0 aliphatic rings. The fraction of sp³-hybridized carbons (Fsp3) is 0.817. The Hall–Kier alpha value is -2.48. The molecule has 11 nitrogen and oxygen atoms in total. The minimum absolute atomic E-state index is 0.183. The molecule has 0 N–H and O–H groups in total. The number of rotatable bonds is 54. The summed E-state index contributed by atoms with van der Waals surface area (Å²) in [4.78, 5) is 42.8. The summed E-state index contributed by atoms with van der Waals surface area (Å²) >= 11 is 1.45. The first-order valence-corrected chi connectivity index (χ1v) is 30.2. The van der Waals surface area contributed by atoms with Crippen LogP contribution >= 0.6 is 11.8 Å². The third-order valence-electron chi connectivity index (χ3n) is 12.0. The molecule has 0 atom stereocenters. The Balaban J connectivity index is 4.58. The van der Waals surface area contributed by atoms with E-state index in [9.17, 15) is 14.4 Å². The molecule has 0 aliphatic heterocycles. The highest BCUT2D eigenvalue weighted by Gasteiger charge is 2.16. The smallest absolute Gasteiger partial charge is 0.305 e. The molecular weight excluding hydrogens is 925 g/mol. The number of nitrogens with zero attached hydrogens (tertiary/aromatic N) is 2. The van der Waals surface area contributed by atoms with E-state index in [1.165, 1.54) is 11.8 Å². The van der Waals surface area contributed by atoms with Crippen molar-refractivity contribution >= 4 is 28.9 Å². The lowest BCUT2D eigenvalue weighted by atomic mass is 10.1. The zero-order chi connectivity index (χ0) is 52.6. The summed E-state index contributed by atoms with van der Waals surface area (Å²) in [5, 5.41) is 0.183. The predicted octanol–water partition coefficient (Wildman–Crippen LogP) is 15.9. The summed E-state index contributed by atoms with van der Waals surface area (Å²) in [5.41, 5.74) is 0. The Morgan fingerprint density at radius 2 is 0.736 bits per heavy atom. The van der Waals surface area contributed by atoms with E-state index in [1.807, 2.05) is 0 Å². The maximum Gasteiger partial charge on any atom is 0.305 e. The Labute approximate surface area is 446 Å². The van der Waals surface area contributed by atoms with Crippen LogP contribution in [0, 0.1) is 0 Å². The molecule has 0 heterocycles. The van der Waals surface area contributed by atoms with Gasteiger partial charge in [0.05, 0.1) is 26.1 Å². The van der Waals surface area contributed by atoms with Gasteiger partial charge in [0.15, 0.2) is 12.6 Å². The molecule has 0 aromatic carbocycles. The molecule has 0 saturated heterocycles. The molecule has 0 unspecified atom stereocenters.